The van der Waals surface area contributed by atoms with Crippen molar-refractivity contribution in [3.63, 3.8) is 0 Å². The van der Waals surface area contributed by atoms with Crippen LogP contribution in [-0.4, -0.2) is 37.1 Å². The molecule has 1 unspecified atom stereocenters. The van der Waals surface area contributed by atoms with Crippen LogP contribution >= 0.6 is 0 Å². The standard InChI is InChI=1S/C17H36N2/c1-7-18-15(11-14-16(2,3)4)17(19(5)6)12-9-8-10-13-17/h15,18H,7-14H2,1-6H3. The van der Waals surface area contributed by atoms with Gasteiger partial charge in [0.1, 0.15) is 0 Å². The highest BCUT2D eigenvalue weighted by atomic mass is 15.2. The molecular formula is C17H36N2. The minimum Gasteiger partial charge on any atom is -0.312 e. The van der Waals surface area contributed by atoms with E-state index in [0.717, 1.165) is 6.54 Å². The highest BCUT2D eigenvalue weighted by Gasteiger charge is 2.41. The van der Waals surface area contributed by atoms with Gasteiger partial charge in [0.05, 0.1) is 0 Å². The average molecular weight is 268 g/mol. The number of nitrogens with one attached hydrogen (secondary N) is 1. The van der Waals surface area contributed by atoms with Crippen LogP contribution in [0.25, 0.3) is 0 Å². The zero-order valence-electron chi connectivity index (χ0n) is 14.2. The van der Waals surface area contributed by atoms with Gasteiger partial charge in [-0.1, -0.05) is 47.0 Å². The lowest BCUT2D eigenvalue weighted by Gasteiger charge is -2.49. The average Bonchev–Trinajstić information content (AvgIpc) is 2.34. The van der Waals surface area contributed by atoms with Crippen LogP contribution < -0.4 is 5.32 Å². The first-order valence-electron chi connectivity index (χ1n) is 8.22. The molecule has 19 heavy (non-hydrogen) atoms. The van der Waals surface area contributed by atoms with E-state index in [4.69, 9.17) is 0 Å². The Balaban J connectivity index is 2.79. The van der Waals surface area contributed by atoms with Crippen LogP contribution in [-0.2, 0) is 0 Å². The molecule has 1 rings (SSSR count). The van der Waals surface area contributed by atoms with Crippen LogP contribution in [0.3, 0.4) is 0 Å². The number of hydrogen-bond acceptors (Lipinski definition) is 2. The largest absolute Gasteiger partial charge is 0.312 e. The molecule has 1 aliphatic carbocycles. The summed E-state index contributed by atoms with van der Waals surface area (Å²) in [5, 5.41) is 3.81. The fourth-order valence-corrected chi connectivity index (χ4v) is 3.66. The van der Waals surface area contributed by atoms with Gasteiger partial charge >= 0.3 is 0 Å². The second kappa shape index (κ2) is 7.08. The van der Waals surface area contributed by atoms with Gasteiger partial charge in [0, 0.05) is 11.6 Å². The monoisotopic (exact) mass is 268 g/mol. The van der Waals surface area contributed by atoms with Crippen LogP contribution in [0.5, 0.6) is 0 Å². The van der Waals surface area contributed by atoms with Gasteiger partial charge in [0.25, 0.3) is 0 Å². The first-order valence-corrected chi connectivity index (χ1v) is 8.22. The normalized spacial score (nSPS) is 21.6. The van der Waals surface area contributed by atoms with E-state index < -0.39 is 0 Å². The molecule has 1 fully saturated rings. The molecule has 2 nitrogen and oxygen atoms in total. The topological polar surface area (TPSA) is 15.3 Å². The Morgan fingerprint density at radius 1 is 1.11 bits per heavy atom. The SMILES string of the molecule is CCNC(CCC(C)(C)C)C1(N(C)C)CCCCC1. The smallest absolute Gasteiger partial charge is 0.0356 e. The Bertz CT molecular complexity index is 246. The first kappa shape index (κ1) is 17.0. The Hall–Kier alpha value is -0.0800. The van der Waals surface area contributed by atoms with E-state index >= 15 is 0 Å². The van der Waals surface area contributed by atoms with E-state index in [0.29, 0.717) is 17.0 Å². The summed E-state index contributed by atoms with van der Waals surface area (Å²) in [6.45, 7) is 10.4. The molecule has 0 aromatic carbocycles. The van der Waals surface area contributed by atoms with Crippen LogP contribution in [0, 0.1) is 5.41 Å². The summed E-state index contributed by atoms with van der Waals surface area (Å²) in [4.78, 5) is 2.52. The van der Waals surface area contributed by atoms with Gasteiger partial charge < -0.3 is 10.2 Å². The molecule has 0 saturated heterocycles. The van der Waals surface area contributed by atoms with Crippen molar-refractivity contribution in [2.24, 2.45) is 5.41 Å². The highest BCUT2D eigenvalue weighted by molar-refractivity contribution is 5.00. The molecule has 1 saturated carbocycles. The maximum absolute atomic E-state index is 3.81. The van der Waals surface area contributed by atoms with E-state index in [1.807, 2.05) is 0 Å². The lowest BCUT2D eigenvalue weighted by molar-refractivity contribution is 0.0496. The molecule has 0 amide bonds. The molecule has 0 heterocycles. The van der Waals surface area contributed by atoms with Crippen molar-refractivity contribution in [3.8, 4) is 0 Å². The molecule has 114 valence electrons. The van der Waals surface area contributed by atoms with Gasteiger partial charge in [-0.05, 0) is 51.7 Å². The zero-order valence-corrected chi connectivity index (χ0v) is 14.2. The Morgan fingerprint density at radius 3 is 2.11 bits per heavy atom. The van der Waals surface area contributed by atoms with Gasteiger partial charge in [-0.3, -0.25) is 0 Å². The summed E-state index contributed by atoms with van der Waals surface area (Å²) in [5.74, 6) is 0. The van der Waals surface area contributed by atoms with Crippen LogP contribution in [0.4, 0.5) is 0 Å². The third-order valence-corrected chi connectivity index (χ3v) is 4.89. The Morgan fingerprint density at radius 2 is 1.68 bits per heavy atom. The molecular weight excluding hydrogens is 232 g/mol. The van der Waals surface area contributed by atoms with E-state index in [1.54, 1.807) is 0 Å². The predicted molar refractivity (Wildman–Crippen MR) is 85.7 cm³/mol. The molecule has 2 heteroatoms. The molecule has 1 atom stereocenters. The van der Waals surface area contributed by atoms with Gasteiger partial charge in [-0.15, -0.1) is 0 Å². The van der Waals surface area contributed by atoms with Gasteiger partial charge in [-0.2, -0.15) is 0 Å². The number of hydrogen-bond donors (Lipinski definition) is 1. The summed E-state index contributed by atoms with van der Waals surface area (Å²) in [6, 6.07) is 0.645. The zero-order chi connectivity index (χ0) is 14.5. The van der Waals surface area contributed by atoms with Crippen molar-refractivity contribution in [2.75, 3.05) is 20.6 Å². The second-order valence-corrected chi connectivity index (χ2v) is 7.77. The van der Waals surface area contributed by atoms with E-state index in [2.05, 4.69) is 52.0 Å². The Labute approximate surface area is 121 Å². The fourth-order valence-electron chi connectivity index (χ4n) is 3.66. The van der Waals surface area contributed by atoms with E-state index in [1.165, 1.54) is 44.9 Å². The number of nitrogens with zero attached hydrogens (tertiary/aromatic N) is 1. The first-order chi connectivity index (χ1) is 8.82. The fraction of sp³-hybridized carbons (Fsp3) is 1.00. The van der Waals surface area contributed by atoms with Gasteiger partial charge in [-0.25, -0.2) is 0 Å². The quantitative estimate of drug-likeness (QED) is 0.781. The van der Waals surface area contributed by atoms with Crippen LogP contribution in [0.15, 0.2) is 0 Å². The lowest BCUT2D eigenvalue weighted by atomic mass is 9.72. The molecule has 0 aromatic heterocycles. The molecule has 0 aliphatic heterocycles. The highest BCUT2D eigenvalue weighted by Crippen LogP contribution is 2.38. The summed E-state index contributed by atoms with van der Waals surface area (Å²) >= 11 is 0. The molecule has 1 aliphatic rings. The van der Waals surface area contributed by atoms with Crippen LogP contribution in [0.2, 0.25) is 0 Å². The number of rotatable bonds is 6. The lowest BCUT2D eigenvalue weighted by Crippen LogP contribution is -2.60. The summed E-state index contributed by atoms with van der Waals surface area (Å²) in [6.07, 6.45) is 9.55. The summed E-state index contributed by atoms with van der Waals surface area (Å²) in [7, 11) is 4.57. The maximum Gasteiger partial charge on any atom is 0.0356 e. The minimum atomic E-state index is 0.388. The number of likely N-dealkylation sites (N-methyl/N-ethyl adjacent to an activating group) is 2. The van der Waals surface area contributed by atoms with Crippen LogP contribution in [0.1, 0.15) is 72.6 Å². The molecule has 0 bridgehead atoms. The van der Waals surface area contributed by atoms with E-state index in [-0.39, 0.29) is 0 Å². The van der Waals surface area contributed by atoms with E-state index in [9.17, 15) is 0 Å². The predicted octanol–water partition coefficient (Wildman–Crippen LogP) is 4.06. The second-order valence-electron chi connectivity index (χ2n) is 7.77. The van der Waals surface area contributed by atoms with Crippen molar-refractivity contribution >= 4 is 0 Å². The third-order valence-electron chi connectivity index (χ3n) is 4.89. The third kappa shape index (κ3) is 4.75. The van der Waals surface area contributed by atoms with Crippen molar-refractivity contribution < 1.29 is 0 Å². The Kier molecular flexibility index (Phi) is 6.32. The molecule has 0 spiro atoms. The van der Waals surface area contributed by atoms with Crippen molar-refractivity contribution in [1.82, 2.24) is 10.2 Å². The van der Waals surface area contributed by atoms with Crippen molar-refractivity contribution in [2.45, 2.75) is 84.2 Å². The summed E-state index contributed by atoms with van der Waals surface area (Å²) < 4.78 is 0. The molecule has 0 radical (unpaired) electrons. The minimum absolute atomic E-state index is 0.388. The van der Waals surface area contributed by atoms with Crippen molar-refractivity contribution in [3.05, 3.63) is 0 Å². The molecule has 0 aromatic rings. The summed E-state index contributed by atoms with van der Waals surface area (Å²) in [5.41, 5.74) is 0.829. The van der Waals surface area contributed by atoms with Gasteiger partial charge in [0.2, 0.25) is 0 Å². The molecule has 1 N–H and O–H groups in total. The maximum atomic E-state index is 3.81. The van der Waals surface area contributed by atoms with Gasteiger partial charge in [0.15, 0.2) is 0 Å². The van der Waals surface area contributed by atoms with Crippen molar-refractivity contribution in [1.29, 1.82) is 0 Å².